The third-order valence-corrected chi connectivity index (χ3v) is 3.60. The number of aromatic nitrogens is 3. The summed E-state index contributed by atoms with van der Waals surface area (Å²) in [7, 11) is 0. The molecule has 8 heteroatoms. The molecular weight excluding hydrogens is 274 g/mol. The monoisotopic (exact) mass is 289 g/mol. The van der Waals surface area contributed by atoms with Crippen LogP contribution in [0.3, 0.4) is 0 Å². The number of amides is 1. The van der Waals surface area contributed by atoms with Gasteiger partial charge in [-0.05, 0) is 24.3 Å². The summed E-state index contributed by atoms with van der Waals surface area (Å²) in [6, 6.07) is 7.53. The van der Waals surface area contributed by atoms with E-state index in [1.807, 2.05) is 24.3 Å². The van der Waals surface area contributed by atoms with Crippen LogP contribution < -0.4 is 10.6 Å². The summed E-state index contributed by atoms with van der Waals surface area (Å²) < 4.78 is 1.42. The van der Waals surface area contributed by atoms with Gasteiger partial charge in [0.1, 0.15) is 6.33 Å². The van der Waals surface area contributed by atoms with Crippen molar-refractivity contribution in [2.45, 2.75) is 0 Å². The fourth-order valence-corrected chi connectivity index (χ4v) is 2.41. The lowest BCUT2D eigenvalue weighted by Gasteiger charge is -2.34. The van der Waals surface area contributed by atoms with Crippen LogP contribution in [0.4, 0.5) is 10.5 Å². The molecule has 8 nitrogen and oxygen atoms in total. The highest BCUT2D eigenvalue weighted by atomic mass is 16.4. The molecule has 1 aromatic heterocycles. The molecule has 2 N–H and O–H groups in total. The smallest absolute Gasteiger partial charge is 0.407 e. The van der Waals surface area contributed by atoms with Crippen LogP contribution in [0.2, 0.25) is 0 Å². The highest BCUT2D eigenvalue weighted by molar-refractivity contribution is 5.65. The van der Waals surface area contributed by atoms with Crippen molar-refractivity contribution in [3.8, 4) is 5.69 Å². The number of aromatic amines is 1. The van der Waals surface area contributed by atoms with Crippen molar-refractivity contribution in [1.29, 1.82) is 0 Å². The number of piperazine rings is 1. The Morgan fingerprint density at radius 3 is 2.24 bits per heavy atom. The van der Waals surface area contributed by atoms with Gasteiger partial charge in [-0.15, -0.1) is 0 Å². The van der Waals surface area contributed by atoms with Crippen LogP contribution in [0, 0.1) is 0 Å². The number of nitrogens with one attached hydrogen (secondary N) is 1. The predicted octanol–water partition coefficient (Wildman–Crippen LogP) is 0.361. The molecule has 0 saturated carbocycles. The summed E-state index contributed by atoms with van der Waals surface area (Å²) in [6.07, 6.45) is 0.563. The van der Waals surface area contributed by atoms with E-state index in [0.717, 1.165) is 11.4 Å². The molecule has 1 aliphatic rings. The summed E-state index contributed by atoms with van der Waals surface area (Å²) in [5.74, 6) is 0. The highest BCUT2D eigenvalue weighted by Gasteiger charge is 2.20. The van der Waals surface area contributed by atoms with Crippen molar-refractivity contribution in [2.24, 2.45) is 0 Å². The van der Waals surface area contributed by atoms with Crippen molar-refractivity contribution >= 4 is 11.8 Å². The van der Waals surface area contributed by atoms with Gasteiger partial charge in [-0.3, -0.25) is 0 Å². The first kappa shape index (κ1) is 13.2. The van der Waals surface area contributed by atoms with Gasteiger partial charge in [0.15, 0.2) is 0 Å². The second kappa shape index (κ2) is 5.31. The predicted molar refractivity (Wildman–Crippen MR) is 76.0 cm³/mol. The number of carbonyl (C=O) groups is 1. The minimum Gasteiger partial charge on any atom is -0.465 e. The first-order valence-corrected chi connectivity index (χ1v) is 6.60. The molecule has 1 amide bonds. The van der Waals surface area contributed by atoms with E-state index in [1.165, 1.54) is 15.8 Å². The normalized spacial score (nSPS) is 15.2. The van der Waals surface area contributed by atoms with Gasteiger partial charge in [-0.1, -0.05) is 0 Å². The summed E-state index contributed by atoms with van der Waals surface area (Å²) in [5.41, 5.74) is 1.47. The molecule has 0 unspecified atom stereocenters. The maximum absolute atomic E-state index is 11.5. The van der Waals surface area contributed by atoms with Crippen molar-refractivity contribution in [2.75, 3.05) is 31.1 Å². The lowest BCUT2D eigenvalue weighted by atomic mass is 10.2. The summed E-state index contributed by atoms with van der Waals surface area (Å²) in [6.45, 7) is 2.32. The van der Waals surface area contributed by atoms with Crippen LogP contribution in [0.15, 0.2) is 35.4 Å². The zero-order valence-electron chi connectivity index (χ0n) is 11.3. The Morgan fingerprint density at radius 2 is 1.71 bits per heavy atom. The topological polar surface area (TPSA) is 94.5 Å². The second-order valence-electron chi connectivity index (χ2n) is 4.80. The first-order chi connectivity index (χ1) is 10.1. The number of carboxylic acid groups (broad SMARTS) is 1. The molecule has 1 fully saturated rings. The van der Waals surface area contributed by atoms with Gasteiger partial charge in [-0.25, -0.2) is 19.3 Å². The number of benzene rings is 1. The zero-order chi connectivity index (χ0) is 14.8. The molecule has 0 radical (unpaired) electrons. The standard InChI is InChI=1S/C13H15N5O3/c19-12-15-14-9-18(12)11-3-1-10(2-4-11)16-5-7-17(8-6-16)13(20)21/h1-4,9H,5-8H2,(H,15,19)(H,20,21). The minimum absolute atomic E-state index is 0.280. The van der Waals surface area contributed by atoms with Crippen molar-refractivity contribution < 1.29 is 9.90 Å². The van der Waals surface area contributed by atoms with Gasteiger partial charge in [0.05, 0.1) is 5.69 Å². The molecule has 110 valence electrons. The lowest BCUT2D eigenvalue weighted by Crippen LogP contribution is -2.48. The Balaban J connectivity index is 1.72. The van der Waals surface area contributed by atoms with Crippen LogP contribution in [-0.2, 0) is 0 Å². The van der Waals surface area contributed by atoms with Gasteiger partial charge < -0.3 is 14.9 Å². The van der Waals surface area contributed by atoms with Crippen LogP contribution >= 0.6 is 0 Å². The largest absolute Gasteiger partial charge is 0.465 e. The molecule has 21 heavy (non-hydrogen) atoms. The van der Waals surface area contributed by atoms with E-state index >= 15 is 0 Å². The Kier molecular flexibility index (Phi) is 3.35. The molecular formula is C13H15N5O3. The molecule has 2 aromatic rings. The van der Waals surface area contributed by atoms with Gasteiger partial charge in [0.25, 0.3) is 0 Å². The molecule has 1 aromatic carbocycles. The number of rotatable bonds is 2. The zero-order valence-corrected chi connectivity index (χ0v) is 11.3. The number of nitrogens with zero attached hydrogens (tertiary/aromatic N) is 4. The summed E-state index contributed by atoms with van der Waals surface area (Å²) in [5, 5.41) is 15.0. The molecule has 0 spiro atoms. The van der Waals surface area contributed by atoms with Crippen LogP contribution in [0.5, 0.6) is 0 Å². The second-order valence-corrected chi connectivity index (χ2v) is 4.80. The maximum Gasteiger partial charge on any atom is 0.407 e. The number of anilines is 1. The van der Waals surface area contributed by atoms with Gasteiger partial charge in [-0.2, -0.15) is 5.10 Å². The molecule has 1 aliphatic heterocycles. The quantitative estimate of drug-likeness (QED) is 0.832. The van der Waals surface area contributed by atoms with E-state index in [-0.39, 0.29) is 5.69 Å². The molecule has 0 bridgehead atoms. The number of H-pyrrole nitrogens is 1. The number of hydrogen-bond donors (Lipinski definition) is 2. The minimum atomic E-state index is -0.871. The van der Waals surface area contributed by atoms with Gasteiger partial charge in [0.2, 0.25) is 0 Å². The summed E-state index contributed by atoms with van der Waals surface area (Å²) in [4.78, 5) is 25.9. The molecule has 1 saturated heterocycles. The van der Waals surface area contributed by atoms with Crippen molar-refractivity contribution in [3.05, 3.63) is 41.1 Å². The average Bonchev–Trinajstić information content (AvgIpc) is 2.94. The van der Waals surface area contributed by atoms with E-state index in [2.05, 4.69) is 15.1 Å². The molecule has 2 heterocycles. The number of hydrogen-bond acceptors (Lipinski definition) is 4. The highest BCUT2D eigenvalue weighted by Crippen LogP contribution is 2.18. The van der Waals surface area contributed by atoms with Crippen molar-refractivity contribution in [1.82, 2.24) is 19.7 Å². The van der Waals surface area contributed by atoms with E-state index in [4.69, 9.17) is 5.11 Å². The third kappa shape index (κ3) is 2.60. The van der Waals surface area contributed by atoms with E-state index in [0.29, 0.717) is 26.2 Å². The molecule has 0 atom stereocenters. The van der Waals surface area contributed by atoms with E-state index in [9.17, 15) is 9.59 Å². The van der Waals surface area contributed by atoms with Crippen LogP contribution in [-0.4, -0.2) is 57.0 Å². The fraction of sp³-hybridized carbons (Fsp3) is 0.308. The van der Waals surface area contributed by atoms with Crippen LogP contribution in [0.25, 0.3) is 5.69 Å². The fourth-order valence-electron chi connectivity index (χ4n) is 2.41. The maximum atomic E-state index is 11.5. The summed E-state index contributed by atoms with van der Waals surface area (Å²) >= 11 is 0. The average molecular weight is 289 g/mol. The third-order valence-electron chi connectivity index (χ3n) is 3.60. The van der Waals surface area contributed by atoms with Crippen LogP contribution in [0.1, 0.15) is 0 Å². The van der Waals surface area contributed by atoms with Gasteiger partial charge >= 0.3 is 11.8 Å². The van der Waals surface area contributed by atoms with E-state index in [1.54, 1.807) is 0 Å². The SMILES string of the molecule is O=C(O)N1CCN(c2ccc(-n3cn[nH]c3=O)cc2)CC1. The Morgan fingerprint density at radius 1 is 1.10 bits per heavy atom. The first-order valence-electron chi connectivity index (χ1n) is 6.60. The Hall–Kier alpha value is -2.77. The molecule has 3 rings (SSSR count). The van der Waals surface area contributed by atoms with Gasteiger partial charge in [0, 0.05) is 31.9 Å². The van der Waals surface area contributed by atoms with E-state index < -0.39 is 6.09 Å². The Bertz CT molecular complexity index is 682. The Labute approximate surface area is 120 Å². The lowest BCUT2D eigenvalue weighted by molar-refractivity contribution is 0.142. The molecule has 0 aliphatic carbocycles. The van der Waals surface area contributed by atoms with Crippen molar-refractivity contribution in [3.63, 3.8) is 0 Å².